The van der Waals surface area contributed by atoms with E-state index in [1.807, 2.05) is 12.1 Å². The second-order valence-electron chi connectivity index (χ2n) is 7.17. The second-order valence-corrected chi connectivity index (χ2v) is 7.17. The third-order valence-corrected chi connectivity index (χ3v) is 5.33. The quantitative estimate of drug-likeness (QED) is 0.823. The number of para-hydroxylation sites is 1. The predicted octanol–water partition coefficient (Wildman–Crippen LogP) is 2.24. The molecule has 2 aliphatic rings. The van der Waals surface area contributed by atoms with Gasteiger partial charge < -0.3 is 14.8 Å². The Hall–Kier alpha value is -1.59. The maximum atomic E-state index is 12.1. The SMILES string of the molecule is COc1ccccc1CC1CCN(CC(=O)NCC2CCCO2)CC1. The molecule has 1 aromatic carbocycles. The summed E-state index contributed by atoms with van der Waals surface area (Å²) in [5.41, 5.74) is 1.29. The topological polar surface area (TPSA) is 50.8 Å². The van der Waals surface area contributed by atoms with Gasteiger partial charge in [0.15, 0.2) is 0 Å². The van der Waals surface area contributed by atoms with E-state index in [2.05, 4.69) is 22.3 Å². The molecule has 1 N–H and O–H groups in total. The van der Waals surface area contributed by atoms with Gasteiger partial charge in [0.2, 0.25) is 5.91 Å². The first kappa shape index (κ1) is 18.2. The zero-order valence-electron chi connectivity index (χ0n) is 15.2. The summed E-state index contributed by atoms with van der Waals surface area (Å²) in [6, 6.07) is 8.28. The number of benzene rings is 1. The Morgan fingerprint density at radius 1 is 1.28 bits per heavy atom. The zero-order chi connectivity index (χ0) is 17.5. The number of piperidine rings is 1. The summed E-state index contributed by atoms with van der Waals surface area (Å²) in [7, 11) is 1.73. The number of nitrogens with zero attached hydrogens (tertiary/aromatic N) is 1. The average Bonchev–Trinajstić information content (AvgIpc) is 3.16. The molecule has 2 aliphatic heterocycles. The number of carbonyl (C=O) groups excluding carboxylic acids is 1. The van der Waals surface area contributed by atoms with Crippen LogP contribution in [0.5, 0.6) is 5.75 Å². The lowest BCUT2D eigenvalue weighted by molar-refractivity contribution is -0.123. The van der Waals surface area contributed by atoms with E-state index in [0.29, 0.717) is 19.0 Å². The molecule has 138 valence electrons. The van der Waals surface area contributed by atoms with Crippen LogP contribution in [-0.2, 0) is 16.0 Å². The standard InChI is InChI=1S/C20H30N2O3/c1-24-19-7-3-2-5-17(19)13-16-8-10-22(11-9-16)15-20(23)21-14-18-6-4-12-25-18/h2-3,5,7,16,18H,4,6,8-15H2,1H3,(H,21,23). The van der Waals surface area contributed by atoms with Crippen molar-refractivity contribution in [3.63, 3.8) is 0 Å². The number of carbonyl (C=O) groups is 1. The fourth-order valence-electron chi connectivity index (χ4n) is 3.82. The van der Waals surface area contributed by atoms with Gasteiger partial charge in [-0.3, -0.25) is 9.69 Å². The summed E-state index contributed by atoms with van der Waals surface area (Å²) in [6.07, 6.45) is 5.72. The third-order valence-electron chi connectivity index (χ3n) is 5.33. The monoisotopic (exact) mass is 346 g/mol. The molecule has 0 radical (unpaired) electrons. The summed E-state index contributed by atoms with van der Waals surface area (Å²) in [5, 5.41) is 3.02. The molecular weight excluding hydrogens is 316 g/mol. The summed E-state index contributed by atoms with van der Waals surface area (Å²) in [5.74, 6) is 1.78. The van der Waals surface area contributed by atoms with E-state index >= 15 is 0 Å². The molecule has 0 saturated carbocycles. The molecule has 1 aromatic rings. The number of hydrogen-bond acceptors (Lipinski definition) is 4. The Bertz CT molecular complexity index is 550. The van der Waals surface area contributed by atoms with Gasteiger partial charge in [0, 0.05) is 13.2 Å². The van der Waals surface area contributed by atoms with Crippen molar-refractivity contribution in [2.75, 3.05) is 39.9 Å². The highest BCUT2D eigenvalue weighted by Crippen LogP contribution is 2.26. The summed E-state index contributed by atoms with van der Waals surface area (Å²) in [6.45, 7) is 3.98. The second kappa shape index (κ2) is 9.20. The van der Waals surface area contributed by atoms with Gasteiger partial charge in [-0.25, -0.2) is 0 Å². The van der Waals surface area contributed by atoms with Gasteiger partial charge in [0.25, 0.3) is 0 Å². The Labute approximate surface area is 150 Å². The summed E-state index contributed by atoms with van der Waals surface area (Å²) >= 11 is 0. The molecule has 1 unspecified atom stereocenters. The minimum absolute atomic E-state index is 0.124. The van der Waals surface area contributed by atoms with Crippen molar-refractivity contribution in [2.45, 2.75) is 38.2 Å². The van der Waals surface area contributed by atoms with Crippen LogP contribution in [0.2, 0.25) is 0 Å². The molecule has 25 heavy (non-hydrogen) atoms. The molecule has 1 amide bonds. The number of amides is 1. The first-order chi connectivity index (χ1) is 12.2. The van der Waals surface area contributed by atoms with Gasteiger partial charge in [0.05, 0.1) is 19.8 Å². The van der Waals surface area contributed by atoms with Crippen LogP contribution in [0, 0.1) is 5.92 Å². The van der Waals surface area contributed by atoms with E-state index in [4.69, 9.17) is 9.47 Å². The minimum Gasteiger partial charge on any atom is -0.496 e. The molecule has 2 heterocycles. The minimum atomic E-state index is 0.124. The highest BCUT2D eigenvalue weighted by Gasteiger charge is 2.22. The molecule has 1 atom stereocenters. The number of likely N-dealkylation sites (tertiary alicyclic amines) is 1. The van der Waals surface area contributed by atoms with Crippen molar-refractivity contribution in [3.05, 3.63) is 29.8 Å². The zero-order valence-corrected chi connectivity index (χ0v) is 15.2. The lowest BCUT2D eigenvalue weighted by Gasteiger charge is -2.31. The molecule has 0 spiro atoms. The number of methoxy groups -OCH3 is 1. The number of hydrogen-bond donors (Lipinski definition) is 1. The number of ether oxygens (including phenoxy) is 2. The molecular formula is C20H30N2O3. The predicted molar refractivity (Wildman–Crippen MR) is 97.8 cm³/mol. The molecule has 3 rings (SSSR count). The van der Waals surface area contributed by atoms with Crippen LogP contribution in [-0.4, -0.2) is 56.8 Å². The maximum Gasteiger partial charge on any atom is 0.234 e. The van der Waals surface area contributed by atoms with Crippen LogP contribution < -0.4 is 10.1 Å². The van der Waals surface area contributed by atoms with E-state index in [9.17, 15) is 4.79 Å². The largest absolute Gasteiger partial charge is 0.496 e. The van der Waals surface area contributed by atoms with Crippen molar-refractivity contribution in [1.29, 1.82) is 0 Å². The highest BCUT2D eigenvalue weighted by molar-refractivity contribution is 5.78. The first-order valence-corrected chi connectivity index (χ1v) is 9.47. The lowest BCUT2D eigenvalue weighted by atomic mass is 9.90. The van der Waals surface area contributed by atoms with Gasteiger partial charge in [-0.15, -0.1) is 0 Å². The fourth-order valence-corrected chi connectivity index (χ4v) is 3.82. The summed E-state index contributed by atoms with van der Waals surface area (Å²) in [4.78, 5) is 14.4. The van der Waals surface area contributed by atoms with E-state index in [1.165, 1.54) is 5.56 Å². The van der Waals surface area contributed by atoms with Crippen molar-refractivity contribution in [3.8, 4) is 5.75 Å². The molecule has 2 fully saturated rings. The lowest BCUT2D eigenvalue weighted by Crippen LogP contribution is -2.43. The van der Waals surface area contributed by atoms with E-state index in [1.54, 1.807) is 7.11 Å². The van der Waals surface area contributed by atoms with E-state index in [0.717, 1.165) is 57.6 Å². The van der Waals surface area contributed by atoms with E-state index in [-0.39, 0.29) is 12.0 Å². The van der Waals surface area contributed by atoms with Crippen LogP contribution >= 0.6 is 0 Å². The average molecular weight is 346 g/mol. The maximum absolute atomic E-state index is 12.1. The molecule has 2 saturated heterocycles. The van der Waals surface area contributed by atoms with Crippen LogP contribution in [0.1, 0.15) is 31.2 Å². The smallest absolute Gasteiger partial charge is 0.234 e. The van der Waals surface area contributed by atoms with Gasteiger partial charge >= 0.3 is 0 Å². The Balaban J connectivity index is 1.37. The van der Waals surface area contributed by atoms with E-state index < -0.39 is 0 Å². The Kier molecular flexibility index (Phi) is 6.70. The van der Waals surface area contributed by atoms with Crippen LogP contribution in [0.4, 0.5) is 0 Å². The number of nitrogens with one attached hydrogen (secondary N) is 1. The normalized spacial score (nSPS) is 22.0. The van der Waals surface area contributed by atoms with Crippen molar-refractivity contribution < 1.29 is 14.3 Å². The van der Waals surface area contributed by atoms with Crippen LogP contribution in [0.15, 0.2) is 24.3 Å². The van der Waals surface area contributed by atoms with Crippen molar-refractivity contribution in [2.24, 2.45) is 5.92 Å². The summed E-state index contributed by atoms with van der Waals surface area (Å²) < 4.78 is 11.0. The van der Waals surface area contributed by atoms with Gasteiger partial charge in [-0.1, -0.05) is 18.2 Å². The highest BCUT2D eigenvalue weighted by atomic mass is 16.5. The fraction of sp³-hybridized carbons (Fsp3) is 0.650. The Morgan fingerprint density at radius 2 is 2.08 bits per heavy atom. The van der Waals surface area contributed by atoms with Gasteiger partial charge in [-0.05, 0) is 62.7 Å². The molecule has 5 heteroatoms. The van der Waals surface area contributed by atoms with Crippen molar-refractivity contribution in [1.82, 2.24) is 10.2 Å². The molecule has 0 aliphatic carbocycles. The molecule has 0 bridgehead atoms. The Morgan fingerprint density at radius 3 is 2.80 bits per heavy atom. The first-order valence-electron chi connectivity index (χ1n) is 9.47. The third kappa shape index (κ3) is 5.44. The van der Waals surface area contributed by atoms with Crippen LogP contribution in [0.3, 0.4) is 0 Å². The number of rotatable bonds is 7. The molecule has 5 nitrogen and oxygen atoms in total. The van der Waals surface area contributed by atoms with Gasteiger partial charge in [-0.2, -0.15) is 0 Å². The van der Waals surface area contributed by atoms with Crippen molar-refractivity contribution >= 4 is 5.91 Å². The molecule has 0 aromatic heterocycles. The van der Waals surface area contributed by atoms with Crippen LogP contribution in [0.25, 0.3) is 0 Å². The van der Waals surface area contributed by atoms with Gasteiger partial charge in [0.1, 0.15) is 5.75 Å².